The monoisotopic (exact) mass is 526 g/mol. The van der Waals surface area contributed by atoms with Crippen molar-refractivity contribution < 1.29 is 33.5 Å². The maximum absolute atomic E-state index is 14.1. The van der Waals surface area contributed by atoms with Crippen molar-refractivity contribution >= 4 is 34.9 Å². The van der Waals surface area contributed by atoms with E-state index in [9.17, 15) is 28.8 Å². The molecule has 38 heavy (non-hydrogen) atoms. The SMILES string of the molecule is COC(=O)[C@H](C)CC(=O)C[C@@H](C)[C@H]1CC[C@@]2(C)C3=C(C(=O)C(=O)[C@]12C)[C@@]1(C)CCC(=O)C(C)(C)[C@@H]1CC3=O. The second kappa shape index (κ2) is 9.06. The van der Waals surface area contributed by atoms with Crippen LogP contribution < -0.4 is 0 Å². The van der Waals surface area contributed by atoms with Crippen LogP contribution in [-0.4, -0.2) is 42.0 Å². The van der Waals surface area contributed by atoms with E-state index in [1.165, 1.54) is 7.11 Å². The van der Waals surface area contributed by atoms with Gasteiger partial charge in [-0.25, -0.2) is 0 Å². The van der Waals surface area contributed by atoms with Crippen LogP contribution in [0.15, 0.2) is 11.1 Å². The Balaban J connectivity index is 1.73. The Hall–Kier alpha value is -2.44. The zero-order chi connectivity index (χ0) is 28.6. The molecule has 0 aromatic rings. The van der Waals surface area contributed by atoms with Crippen molar-refractivity contribution in [3.8, 4) is 0 Å². The summed E-state index contributed by atoms with van der Waals surface area (Å²) in [5.41, 5.74) is -2.50. The molecular formula is C31H42O7. The smallest absolute Gasteiger partial charge is 0.308 e. The number of fused-ring (bicyclic) bond motifs is 4. The molecule has 7 atom stereocenters. The molecule has 7 nitrogen and oxygen atoms in total. The van der Waals surface area contributed by atoms with Gasteiger partial charge in [-0.3, -0.25) is 28.8 Å². The number of ether oxygens (including phenoxy) is 1. The zero-order valence-electron chi connectivity index (χ0n) is 24.1. The summed E-state index contributed by atoms with van der Waals surface area (Å²) in [6.07, 6.45) is 2.45. The Kier molecular flexibility index (Phi) is 6.81. The van der Waals surface area contributed by atoms with Crippen LogP contribution in [0.3, 0.4) is 0 Å². The Bertz CT molecular complexity index is 1170. The van der Waals surface area contributed by atoms with Crippen molar-refractivity contribution in [2.24, 2.45) is 45.3 Å². The molecule has 4 rings (SSSR count). The van der Waals surface area contributed by atoms with Crippen LogP contribution in [0.25, 0.3) is 0 Å². The van der Waals surface area contributed by atoms with E-state index in [2.05, 4.69) is 0 Å². The van der Waals surface area contributed by atoms with Crippen LogP contribution in [-0.2, 0) is 33.5 Å². The third-order valence-electron chi connectivity index (χ3n) is 11.4. The van der Waals surface area contributed by atoms with Gasteiger partial charge in [0.25, 0.3) is 0 Å². The molecule has 0 radical (unpaired) electrons. The van der Waals surface area contributed by atoms with E-state index in [0.29, 0.717) is 36.8 Å². The molecule has 4 aliphatic rings. The summed E-state index contributed by atoms with van der Waals surface area (Å²) in [6.45, 7) is 13.1. The number of Topliss-reactive ketones (excluding diaryl/α,β-unsaturated/α-hetero) is 5. The van der Waals surface area contributed by atoms with Gasteiger partial charge in [-0.05, 0) is 37.0 Å². The largest absolute Gasteiger partial charge is 0.469 e. The van der Waals surface area contributed by atoms with E-state index in [0.717, 1.165) is 0 Å². The predicted molar refractivity (Wildman–Crippen MR) is 140 cm³/mol. The molecule has 0 bridgehead atoms. The summed E-state index contributed by atoms with van der Waals surface area (Å²) in [5.74, 6) is -2.89. The summed E-state index contributed by atoms with van der Waals surface area (Å²) in [7, 11) is 1.29. The second-order valence-electron chi connectivity index (χ2n) is 13.7. The fourth-order valence-electron chi connectivity index (χ4n) is 8.93. The molecule has 0 saturated heterocycles. The highest BCUT2D eigenvalue weighted by atomic mass is 16.5. The van der Waals surface area contributed by atoms with Crippen molar-refractivity contribution in [1.82, 2.24) is 0 Å². The number of rotatable bonds is 6. The molecule has 2 fully saturated rings. The summed E-state index contributed by atoms with van der Waals surface area (Å²) in [4.78, 5) is 79.5. The van der Waals surface area contributed by atoms with Gasteiger partial charge in [-0.1, -0.05) is 48.5 Å². The molecule has 0 aromatic heterocycles. The molecule has 0 aliphatic heterocycles. The van der Waals surface area contributed by atoms with Gasteiger partial charge in [0.1, 0.15) is 11.6 Å². The zero-order valence-corrected chi connectivity index (χ0v) is 24.1. The lowest BCUT2D eigenvalue weighted by Crippen LogP contribution is -2.61. The first-order chi connectivity index (χ1) is 17.5. The number of esters is 1. The van der Waals surface area contributed by atoms with Crippen LogP contribution in [0.2, 0.25) is 0 Å². The number of ketones is 5. The fraction of sp³-hybridized carbons (Fsp3) is 0.742. The van der Waals surface area contributed by atoms with Crippen LogP contribution >= 0.6 is 0 Å². The van der Waals surface area contributed by atoms with Crippen molar-refractivity contribution in [1.29, 1.82) is 0 Å². The van der Waals surface area contributed by atoms with Crippen LogP contribution in [0.5, 0.6) is 0 Å². The summed E-state index contributed by atoms with van der Waals surface area (Å²) in [5, 5.41) is 0. The summed E-state index contributed by atoms with van der Waals surface area (Å²) < 4.78 is 4.74. The lowest BCUT2D eigenvalue weighted by Gasteiger charge is -2.58. The van der Waals surface area contributed by atoms with E-state index in [1.54, 1.807) is 6.92 Å². The summed E-state index contributed by atoms with van der Waals surface area (Å²) >= 11 is 0. The second-order valence-corrected chi connectivity index (χ2v) is 13.7. The minimum Gasteiger partial charge on any atom is -0.469 e. The Morgan fingerprint density at radius 3 is 2.18 bits per heavy atom. The molecule has 0 amide bonds. The highest BCUT2D eigenvalue weighted by molar-refractivity contribution is 6.48. The molecule has 4 aliphatic carbocycles. The Morgan fingerprint density at radius 2 is 1.58 bits per heavy atom. The van der Waals surface area contributed by atoms with Gasteiger partial charge in [0.15, 0.2) is 5.78 Å². The van der Waals surface area contributed by atoms with E-state index >= 15 is 0 Å². The molecule has 0 heterocycles. The molecule has 0 spiro atoms. The minimum absolute atomic E-state index is 0.0621. The van der Waals surface area contributed by atoms with Gasteiger partial charge in [-0.15, -0.1) is 0 Å². The molecule has 2 saturated carbocycles. The van der Waals surface area contributed by atoms with E-state index in [4.69, 9.17) is 4.74 Å². The average Bonchev–Trinajstić information content (AvgIpc) is 3.12. The van der Waals surface area contributed by atoms with Gasteiger partial charge < -0.3 is 4.74 Å². The van der Waals surface area contributed by atoms with Crippen LogP contribution in [0.4, 0.5) is 0 Å². The van der Waals surface area contributed by atoms with Crippen LogP contribution in [0.1, 0.15) is 93.4 Å². The molecule has 7 heteroatoms. The molecule has 0 unspecified atom stereocenters. The minimum atomic E-state index is -1.10. The predicted octanol–water partition coefficient (Wildman–Crippen LogP) is 4.64. The van der Waals surface area contributed by atoms with Crippen molar-refractivity contribution in [3.63, 3.8) is 0 Å². The highest BCUT2D eigenvalue weighted by Crippen LogP contribution is 2.69. The van der Waals surface area contributed by atoms with Gasteiger partial charge in [0, 0.05) is 58.5 Å². The van der Waals surface area contributed by atoms with Crippen molar-refractivity contribution in [2.75, 3.05) is 7.11 Å². The molecular weight excluding hydrogens is 484 g/mol. The van der Waals surface area contributed by atoms with E-state index < -0.39 is 45.1 Å². The number of allylic oxidation sites excluding steroid dienone is 2. The first-order valence-corrected chi connectivity index (χ1v) is 14.0. The van der Waals surface area contributed by atoms with Gasteiger partial charge >= 0.3 is 5.97 Å². The Morgan fingerprint density at radius 1 is 0.947 bits per heavy atom. The lowest BCUT2D eigenvalue weighted by molar-refractivity contribution is -0.154. The van der Waals surface area contributed by atoms with Crippen LogP contribution in [0, 0.1) is 45.3 Å². The first-order valence-electron chi connectivity index (χ1n) is 14.0. The Labute approximate surface area is 225 Å². The molecule has 0 aromatic carbocycles. The van der Waals surface area contributed by atoms with Gasteiger partial charge in [0.05, 0.1) is 13.0 Å². The topological polar surface area (TPSA) is 112 Å². The lowest BCUT2D eigenvalue weighted by atomic mass is 9.42. The molecule has 0 N–H and O–H groups in total. The quantitative estimate of drug-likeness (QED) is 0.366. The average molecular weight is 527 g/mol. The number of carbonyl (C=O) groups is 6. The van der Waals surface area contributed by atoms with E-state index in [-0.39, 0.29) is 54.4 Å². The number of hydrogen-bond acceptors (Lipinski definition) is 7. The third kappa shape index (κ3) is 3.66. The standard InChI is InChI=1S/C31H42O7/c1-16(13-18(32)14-17(2)27(37)38-8)19-9-12-30(6)23-20(33)15-21-28(3,4)22(34)10-11-29(21,5)24(23)25(35)26(36)31(19,30)7/h16-17,19,21H,9-15H2,1-8H3/t16-,17-,19-,21+,29+,30+,31+/m1/s1. The highest BCUT2D eigenvalue weighted by Gasteiger charge is 2.70. The van der Waals surface area contributed by atoms with Gasteiger partial charge in [-0.2, -0.15) is 0 Å². The first kappa shape index (κ1) is 28.6. The number of carbonyl (C=O) groups excluding carboxylic acids is 6. The summed E-state index contributed by atoms with van der Waals surface area (Å²) in [6, 6.07) is 0. The van der Waals surface area contributed by atoms with E-state index in [1.807, 2.05) is 41.5 Å². The maximum atomic E-state index is 14.1. The normalized spacial score (nSPS) is 37.8. The maximum Gasteiger partial charge on any atom is 0.308 e. The fourth-order valence-corrected chi connectivity index (χ4v) is 8.93. The van der Waals surface area contributed by atoms with Crippen molar-refractivity contribution in [3.05, 3.63) is 11.1 Å². The number of hydrogen-bond donors (Lipinski definition) is 0. The van der Waals surface area contributed by atoms with Crippen molar-refractivity contribution in [2.45, 2.75) is 93.4 Å². The third-order valence-corrected chi connectivity index (χ3v) is 11.4. The molecule has 208 valence electrons. The number of methoxy groups -OCH3 is 1. The van der Waals surface area contributed by atoms with Gasteiger partial charge in [0.2, 0.25) is 11.6 Å².